The molecule has 3 heterocycles. The van der Waals surface area contributed by atoms with E-state index in [1.165, 1.54) is 42.1 Å². The second kappa shape index (κ2) is 10.6. The smallest absolute Gasteiger partial charge is 0.262 e. The number of likely N-dealkylation sites (tertiary alicyclic amines) is 1. The van der Waals surface area contributed by atoms with Gasteiger partial charge in [-0.05, 0) is 44.8 Å². The molecule has 3 aliphatic heterocycles. The maximum Gasteiger partial charge on any atom is 0.262 e. The van der Waals surface area contributed by atoms with E-state index in [2.05, 4.69) is 15.5 Å². The van der Waals surface area contributed by atoms with Crippen LogP contribution in [0.25, 0.3) is 0 Å². The molecule has 0 spiro atoms. The van der Waals surface area contributed by atoms with Crippen molar-refractivity contribution < 1.29 is 22.7 Å². The lowest BCUT2D eigenvalue weighted by atomic mass is 9.97. The molecular formula is C22H31ClN4O5S. The van der Waals surface area contributed by atoms with Crippen LogP contribution in [0.3, 0.4) is 0 Å². The lowest BCUT2D eigenvalue weighted by Crippen LogP contribution is -2.44. The van der Waals surface area contributed by atoms with Crippen molar-refractivity contribution in [1.29, 1.82) is 0 Å². The molecule has 0 aromatic heterocycles. The summed E-state index contributed by atoms with van der Waals surface area (Å²) in [6.07, 6.45) is 5.93. The van der Waals surface area contributed by atoms with Crippen molar-refractivity contribution in [1.82, 2.24) is 14.5 Å². The highest BCUT2D eigenvalue weighted by atomic mass is 35.5. The summed E-state index contributed by atoms with van der Waals surface area (Å²) in [5, 5.41) is 5.67. The first-order chi connectivity index (χ1) is 15.8. The number of piperidine rings is 1. The standard InChI is InChI=1S/C22H31ClN4O5S/c23-17-13-18-19(32-15-21(28)25-18)14-20(17)33(30,31)27-10-5-16(6-11-27)22(29)24-7-12-26-8-3-1-2-4-9-26/h13-14,16H,1-12,15H2,(H,24,29)(H,25,28). The fraction of sp³-hybridized carbons (Fsp3) is 0.636. The SMILES string of the molecule is O=C1COc2cc(S(=O)(=O)N3CCC(C(=O)NCCN4CCCCCC4)CC3)c(Cl)cc2N1. The van der Waals surface area contributed by atoms with E-state index in [4.69, 9.17) is 16.3 Å². The second-order valence-corrected chi connectivity index (χ2v) is 11.2. The molecule has 0 atom stereocenters. The molecule has 0 aliphatic carbocycles. The Morgan fingerprint density at radius 3 is 2.52 bits per heavy atom. The number of benzene rings is 1. The van der Waals surface area contributed by atoms with Gasteiger partial charge in [0.2, 0.25) is 15.9 Å². The lowest BCUT2D eigenvalue weighted by molar-refractivity contribution is -0.126. The van der Waals surface area contributed by atoms with Gasteiger partial charge in [-0.15, -0.1) is 0 Å². The molecule has 0 saturated carbocycles. The van der Waals surface area contributed by atoms with Crippen LogP contribution in [-0.4, -0.2) is 75.3 Å². The Balaban J connectivity index is 1.30. The van der Waals surface area contributed by atoms with Gasteiger partial charge in [-0.1, -0.05) is 24.4 Å². The fourth-order valence-corrected chi connectivity index (χ4v) is 6.61. The highest BCUT2D eigenvalue weighted by Gasteiger charge is 2.34. The number of fused-ring (bicyclic) bond motifs is 1. The van der Waals surface area contributed by atoms with E-state index in [9.17, 15) is 18.0 Å². The summed E-state index contributed by atoms with van der Waals surface area (Å²) in [6.45, 7) is 3.99. The normalized spacial score (nSPS) is 20.9. The Labute approximate surface area is 199 Å². The van der Waals surface area contributed by atoms with E-state index in [0.717, 1.165) is 19.6 Å². The van der Waals surface area contributed by atoms with Gasteiger partial charge in [0.05, 0.1) is 10.7 Å². The zero-order valence-electron chi connectivity index (χ0n) is 18.6. The van der Waals surface area contributed by atoms with E-state index in [-0.39, 0.29) is 53.1 Å². The predicted molar refractivity (Wildman–Crippen MR) is 125 cm³/mol. The van der Waals surface area contributed by atoms with Crippen LogP contribution in [-0.2, 0) is 19.6 Å². The number of carbonyl (C=O) groups excluding carboxylic acids is 2. The van der Waals surface area contributed by atoms with E-state index in [1.807, 2.05) is 0 Å². The molecule has 33 heavy (non-hydrogen) atoms. The number of anilines is 1. The third-order valence-electron chi connectivity index (χ3n) is 6.54. The first-order valence-electron chi connectivity index (χ1n) is 11.6. The molecule has 2 amide bonds. The Morgan fingerprint density at radius 1 is 1.12 bits per heavy atom. The maximum atomic E-state index is 13.2. The molecule has 2 N–H and O–H groups in total. The number of hydrogen-bond acceptors (Lipinski definition) is 6. The molecule has 2 saturated heterocycles. The zero-order valence-corrected chi connectivity index (χ0v) is 20.2. The third kappa shape index (κ3) is 5.79. The minimum absolute atomic E-state index is 0.00201. The molecular weight excluding hydrogens is 468 g/mol. The molecule has 4 rings (SSSR count). The first-order valence-corrected chi connectivity index (χ1v) is 13.4. The number of hydrogen-bond donors (Lipinski definition) is 2. The summed E-state index contributed by atoms with van der Waals surface area (Å²) in [5.74, 6) is -0.242. The molecule has 9 nitrogen and oxygen atoms in total. The minimum atomic E-state index is -3.85. The number of ether oxygens (including phenoxy) is 1. The van der Waals surface area contributed by atoms with Crippen LogP contribution in [0.4, 0.5) is 5.69 Å². The molecule has 0 unspecified atom stereocenters. The number of carbonyl (C=O) groups is 2. The maximum absolute atomic E-state index is 13.2. The minimum Gasteiger partial charge on any atom is -0.482 e. The van der Waals surface area contributed by atoms with Gasteiger partial charge in [0, 0.05) is 38.2 Å². The molecule has 2 fully saturated rings. The predicted octanol–water partition coefficient (Wildman–Crippen LogP) is 2.06. The molecule has 182 valence electrons. The first kappa shape index (κ1) is 24.3. The van der Waals surface area contributed by atoms with Crippen LogP contribution >= 0.6 is 11.6 Å². The summed E-state index contributed by atoms with van der Waals surface area (Å²) >= 11 is 6.24. The van der Waals surface area contributed by atoms with Crippen molar-refractivity contribution in [3.05, 3.63) is 17.2 Å². The van der Waals surface area contributed by atoms with Crippen molar-refractivity contribution >= 4 is 39.1 Å². The number of amides is 2. The summed E-state index contributed by atoms with van der Waals surface area (Å²) in [6, 6.07) is 2.75. The van der Waals surface area contributed by atoms with Gasteiger partial charge in [-0.3, -0.25) is 9.59 Å². The summed E-state index contributed by atoms with van der Waals surface area (Å²) in [7, 11) is -3.85. The molecule has 0 bridgehead atoms. The van der Waals surface area contributed by atoms with Gasteiger partial charge in [0.1, 0.15) is 10.6 Å². The van der Waals surface area contributed by atoms with Crippen molar-refractivity contribution in [2.45, 2.75) is 43.4 Å². The van der Waals surface area contributed by atoms with Crippen LogP contribution in [0.5, 0.6) is 5.75 Å². The van der Waals surface area contributed by atoms with Gasteiger partial charge < -0.3 is 20.3 Å². The van der Waals surface area contributed by atoms with E-state index < -0.39 is 10.0 Å². The molecule has 0 radical (unpaired) electrons. The van der Waals surface area contributed by atoms with Gasteiger partial charge >= 0.3 is 0 Å². The third-order valence-corrected chi connectivity index (χ3v) is 8.90. The highest BCUT2D eigenvalue weighted by molar-refractivity contribution is 7.89. The van der Waals surface area contributed by atoms with Crippen LogP contribution < -0.4 is 15.4 Å². The van der Waals surface area contributed by atoms with Crippen molar-refractivity contribution in [2.75, 3.05) is 51.2 Å². The number of nitrogens with zero attached hydrogens (tertiary/aromatic N) is 2. The summed E-state index contributed by atoms with van der Waals surface area (Å²) < 4.78 is 33.1. The van der Waals surface area contributed by atoms with Crippen molar-refractivity contribution in [3.63, 3.8) is 0 Å². The van der Waals surface area contributed by atoms with Gasteiger partial charge in [-0.2, -0.15) is 4.31 Å². The number of halogens is 1. The Bertz CT molecular complexity index is 987. The highest BCUT2D eigenvalue weighted by Crippen LogP contribution is 2.37. The monoisotopic (exact) mass is 498 g/mol. The van der Waals surface area contributed by atoms with Crippen LogP contribution in [0.15, 0.2) is 17.0 Å². The molecule has 11 heteroatoms. The van der Waals surface area contributed by atoms with Crippen LogP contribution in [0.1, 0.15) is 38.5 Å². The summed E-state index contributed by atoms with van der Waals surface area (Å²) in [5.41, 5.74) is 0.353. The van der Waals surface area contributed by atoms with Crippen LogP contribution in [0, 0.1) is 5.92 Å². The average molecular weight is 499 g/mol. The van der Waals surface area contributed by atoms with Crippen LogP contribution in [0.2, 0.25) is 5.02 Å². The average Bonchev–Trinajstić information content (AvgIpc) is 3.07. The number of rotatable bonds is 6. The number of nitrogens with one attached hydrogen (secondary N) is 2. The number of sulfonamides is 1. The zero-order chi connectivity index (χ0) is 23.4. The lowest BCUT2D eigenvalue weighted by Gasteiger charge is -2.31. The van der Waals surface area contributed by atoms with Gasteiger partial charge in [0.15, 0.2) is 6.61 Å². The quantitative estimate of drug-likeness (QED) is 0.621. The van der Waals surface area contributed by atoms with Gasteiger partial charge in [0.25, 0.3) is 5.91 Å². The molecule has 3 aliphatic rings. The Hall–Kier alpha value is -1.88. The van der Waals surface area contributed by atoms with E-state index in [1.54, 1.807) is 0 Å². The Kier molecular flexibility index (Phi) is 7.78. The van der Waals surface area contributed by atoms with E-state index >= 15 is 0 Å². The second-order valence-electron chi connectivity index (χ2n) is 8.84. The Morgan fingerprint density at radius 2 is 1.82 bits per heavy atom. The summed E-state index contributed by atoms with van der Waals surface area (Å²) in [4.78, 5) is 26.4. The largest absolute Gasteiger partial charge is 0.482 e. The van der Waals surface area contributed by atoms with Crippen molar-refractivity contribution in [2.24, 2.45) is 5.92 Å². The molecule has 1 aromatic rings. The molecule has 1 aromatic carbocycles. The van der Waals surface area contributed by atoms with E-state index in [0.29, 0.717) is 25.1 Å². The van der Waals surface area contributed by atoms with Crippen molar-refractivity contribution in [3.8, 4) is 5.75 Å². The topological polar surface area (TPSA) is 108 Å². The van der Waals surface area contributed by atoms with Gasteiger partial charge in [-0.25, -0.2) is 8.42 Å². The fourth-order valence-electron chi connectivity index (χ4n) is 4.62.